The van der Waals surface area contributed by atoms with Crippen molar-refractivity contribution in [2.75, 3.05) is 88.2 Å². The molecule has 0 aromatic carbocycles. The minimum absolute atomic E-state index is 0.109. The summed E-state index contributed by atoms with van der Waals surface area (Å²) in [4.78, 5) is 79.7. The zero-order valence-corrected chi connectivity index (χ0v) is 69.7. The first kappa shape index (κ1) is 103. The molecule has 0 aliphatic heterocycles. The number of nitrogens with zero attached hydrogens (tertiary/aromatic N) is 3. The van der Waals surface area contributed by atoms with E-state index in [4.69, 9.17) is 28.4 Å². The molecule has 0 aromatic rings. The molecule has 18 heteroatoms. The summed E-state index contributed by atoms with van der Waals surface area (Å²) in [5.74, 6) is -3.50. The van der Waals surface area contributed by atoms with Gasteiger partial charge >= 0.3 is 35.8 Å². The van der Waals surface area contributed by atoms with Crippen LogP contribution in [0.25, 0.3) is 0 Å². The molecule has 0 rings (SSSR count). The van der Waals surface area contributed by atoms with Gasteiger partial charge in [-0.2, -0.15) is 4.79 Å². The number of quaternary nitrogens is 2. The average molecular weight is 1490 g/mol. The Morgan fingerprint density at radius 2 is 0.610 bits per heavy atom. The SMILES string of the molecule is CCCCCCCCCCCCN(C)C.[CH2+]C(=O)OC(CCCCC)C(O)C/C=C/CC(=O)OCC(COC(=O)C/C=C/CC(O)C(CCCCC)OC(=O)C[N+](C)(C)CCCCCCCCCCCC)OC(=O)C/C=C/CC(O)C(CCCCC)OC(=O)C[N+](C)(C)CCCCCCCCCCCC. The topological polar surface area (TPSA) is 222 Å². The second kappa shape index (κ2) is 71.3. The summed E-state index contributed by atoms with van der Waals surface area (Å²) < 4.78 is 34.7. The molecule has 3 N–H and O–H groups in total. The summed E-state index contributed by atoms with van der Waals surface area (Å²) in [6, 6.07) is 0. The Morgan fingerprint density at radius 1 is 0.343 bits per heavy atom. The monoisotopic (exact) mass is 1490 g/mol. The van der Waals surface area contributed by atoms with Gasteiger partial charge in [-0.25, -0.2) is 9.59 Å². The predicted octanol–water partition coefficient (Wildman–Crippen LogP) is 18.9. The molecular formula is C87H164N3O15+3. The number of aliphatic hydroxyl groups is 3. The fourth-order valence-corrected chi connectivity index (χ4v) is 12.7. The largest absolute Gasteiger partial charge is 0.493 e. The Kier molecular flexibility index (Phi) is 69.7. The standard InChI is InChI=1S/C73H133N2O15.C14H31N/c1-11-16-21-23-25-27-29-31-33-44-55-74(7,8)57-72(83)89-67(50-36-19-14-4)64(78)47-39-42-53-70(81)86-60-62(59-85-69(80)52-41-38-46-63(77)66(87-61(6)76)49-35-18-13-3)88-71(82)54-43-40-48-65(79)68(51-37-20-15-5)90-73(84)58-75(9,10)56-45-34-32-30-28-26-24-22-17-12-2;1-4-5-6-7-8-9-10-11-12-13-14-15(2)3/h38-43,62-68,77-79H,6,11-37,44-60H2,1-5,7-10H3;4-14H2,1-3H3/q+3;/b41-38+,42-39+,43-40+;. The Hall–Kier alpha value is -4.33. The van der Waals surface area contributed by atoms with E-state index in [-0.39, 0.29) is 63.6 Å². The highest BCUT2D eigenvalue weighted by atomic mass is 16.6. The van der Waals surface area contributed by atoms with Gasteiger partial charge in [-0.05, 0) is 111 Å². The third-order valence-electron chi connectivity index (χ3n) is 19.4. The summed E-state index contributed by atoms with van der Waals surface area (Å²) in [7, 11) is 12.5. The Labute approximate surface area is 643 Å². The number of unbranched alkanes of at least 4 members (excludes halogenated alkanes) is 33. The smallest absolute Gasteiger partial charge is 0.461 e. The van der Waals surface area contributed by atoms with E-state index in [1.807, 2.05) is 35.1 Å². The molecule has 614 valence electrons. The maximum atomic E-state index is 13.3. The van der Waals surface area contributed by atoms with Gasteiger partial charge in [0.1, 0.15) is 31.5 Å². The van der Waals surface area contributed by atoms with Crippen molar-refractivity contribution in [2.24, 2.45) is 0 Å². The van der Waals surface area contributed by atoms with Crippen molar-refractivity contribution in [3.05, 3.63) is 43.4 Å². The molecule has 7 unspecified atom stereocenters. The quantitative estimate of drug-likeness (QED) is 0.0129. The fourth-order valence-electron chi connectivity index (χ4n) is 12.7. The number of carbonyl (C=O) groups is 6. The van der Waals surface area contributed by atoms with E-state index >= 15 is 0 Å². The number of carbonyl (C=O) groups excluding carboxylic acids is 6. The van der Waals surface area contributed by atoms with E-state index in [0.717, 1.165) is 96.6 Å². The van der Waals surface area contributed by atoms with Crippen molar-refractivity contribution >= 4 is 35.8 Å². The number of ether oxygens (including phenoxy) is 6. The number of hydrogen-bond acceptors (Lipinski definition) is 16. The zero-order chi connectivity index (χ0) is 78.5. The molecular weight excluding hydrogens is 1330 g/mol. The van der Waals surface area contributed by atoms with Crippen LogP contribution in [0.5, 0.6) is 0 Å². The molecule has 0 radical (unpaired) electrons. The fraction of sp³-hybridized carbons (Fsp3) is 0.851. The second-order valence-electron chi connectivity index (χ2n) is 31.5. The van der Waals surface area contributed by atoms with Crippen LogP contribution in [-0.4, -0.2) is 196 Å². The van der Waals surface area contributed by atoms with Gasteiger partial charge in [0.25, 0.3) is 0 Å². The molecule has 0 heterocycles. The van der Waals surface area contributed by atoms with Crippen LogP contribution < -0.4 is 0 Å². The van der Waals surface area contributed by atoms with Crippen molar-refractivity contribution in [1.82, 2.24) is 4.90 Å². The van der Waals surface area contributed by atoms with Gasteiger partial charge in [0.05, 0.1) is 78.9 Å². The van der Waals surface area contributed by atoms with Crippen molar-refractivity contribution in [3.63, 3.8) is 0 Å². The molecule has 0 saturated heterocycles. The summed E-state index contributed by atoms with van der Waals surface area (Å²) >= 11 is 0. The summed E-state index contributed by atoms with van der Waals surface area (Å²) in [6.45, 7) is 18.7. The molecule has 18 nitrogen and oxygen atoms in total. The van der Waals surface area contributed by atoms with Crippen molar-refractivity contribution in [3.8, 4) is 0 Å². The first-order valence-corrected chi connectivity index (χ1v) is 42.6. The number of likely N-dealkylation sites (N-methyl/N-ethyl adjacent to an activating group) is 2. The molecule has 105 heavy (non-hydrogen) atoms. The molecule has 0 fully saturated rings. The first-order valence-electron chi connectivity index (χ1n) is 42.6. The summed E-state index contributed by atoms with van der Waals surface area (Å²) in [5.41, 5.74) is 0. The van der Waals surface area contributed by atoms with Crippen molar-refractivity contribution < 1.29 is 81.5 Å². The maximum Gasteiger partial charge on any atom is 0.493 e. The van der Waals surface area contributed by atoms with Gasteiger partial charge in [0.15, 0.2) is 26.1 Å². The van der Waals surface area contributed by atoms with Crippen LogP contribution in [0.4, 0.5) is 0 Å². The van der Waals surface area contributed by atoms with Crippen LogP contribution in [0, 0.1) is 6.92 Å². The Morgan fingerprint density at radius 3 is 0.905 bits per heavy atom. The lowest BCUT2D eigenvalue weighted by Crippen LogP contribution is -2.46. The lowest BCUT2D eigenvalue weighted by Gasteiger charge is -2.30. The molecule has 0 amide bonds. The second-order valence-corrected chi connectivity index (χ2v) is 31.5. The van der Waals surface area contributed by atoms with E-state index in [0.29, 0.717) is 28.2 Å². The zero-order valence-electron chi connectivity index (χ0n) is 69.7. The van der Waals surface area contributed by atoms with E-state index in [1.54, 1.807) is 24.3 Å². The predicted molar refractivity (Wildman–Crippen MR) is 430 cm³/mol. The minimum atomic E-state index is -1.19. The third-order valence-corrected chi connectivity index (χ3v) is 19.4. The van der Waals surface area contributed by atoms with Crippen LogP contribution in [0.1, 0.15) is 350 Å². The van der Waals surface area contributed by atoms with E-state index in [1.165, 1.54) is 186 Å². The summed E-state index contributed by atoms with van der Waals surface area (Å²) in [6.07, 6.45) is 51.5. The molecule has 0 bridgehead atoms. The Balaban J connectivity index is 0. The lowest BCUT2D eigenvalue weighted by molar-refractivity contribution is -0.883. The van der Waals surface area contributed by atoms with Crippen LogP contribution in [0.15, 0.2) is 36.5 Å². The number of aliphatic hydroxyl groups excluding tert-OH is 3. The number of rotatable bonds is 72. The normalized spacial score (nSPS) is 14.0. The van der Waals surface area contributed by atoms with Crippen molar-refractivity contribution in [1.29, 1.82) is 0 Å². The molecule has 0 aliphatic rings. The Bertz CT molecular complexity index is 2170. The maximum absolute atomic E-state index is 13.3. The minimum Gasteiger partial charge on any atom is -0.461 e. The molecule has 0 aliphatic carbocycles. The van der Waals surface area contributed by atoms with Crippen molar-refractivity contribution in [2.45, 2.75) is 392 Å². The van der Waals surface area contributed by atoms with Gasteiger partial charge in [-0.3, -0.25) is 14.4 Å². The summed E-state index contributed by atoms with van der Waals surface area (Å²) in [5, 5.41) is 33.3. The first-order chi connectivity index (χ1) is 50.4. The third kappa shape index (κ3) is 68.7. The molecule has 0 aromatic heterocycles. The van der Waals surface area contributed by atoms with E-state index < -0.39 is 79.8 Å². The van der Waals surface area contributed by atoms with E-state index in [9.17, 15) is 44.1 Å². The highest BCUT2D eigenvalue weighted by Gasteiger charge is 2.30. The number of hydrogen-bond donors (Lipinski definition) is 3. The van der Waals surface area contributed by atoms with Gasteiger partial charge in [0.2, 0.25) is 0 Å². The van der Waals surface area contributed by atoms with E-state index in [2.05, 4.69) is 60.5 Å². The lowest BCUT2D eigenvalue weighted by atomic mass is 10.0. The molecule has 0 spiro atoms. The van der Waals surface area contributed by atoms with Crippen LogP contribution in [0.2, 0.25) is 0 Å². The van der Waals surface area contributed by atoms with Gasteiger partial charge < -0.3 is 57.6 Å². The van der Waals surface area contributed by atoms with Crippen LogP contribution in [-0.2, 0) is 57.2 Å². The highest BCUT2D eigenvalue weighted by molar-refractivity contribution is 5.74. The average Bonchev–Trinajstić information content (AvgIpc) is 0.907. The van der Waals surface area contributed by atoms with Gasteiger partial charge in [-0.15, -0.1) is 0 Å². The van der Waals surface area contributed by atoms with Crippen LogP contribution >= 0.6 is 0 Å². The van der Waals surface area contributed by atoms with Crippen LogP contribution in [0.3, 0.4) is 0 Å². The van der Waals surface area contributed by atoms with Gasteiger partial charge in [0, 0.05) is 0 Å². The highest BCUT2D eigenvalue weighted by Crippen LogP contribution is 2.21. The molecule has 7 atom stereocenters. The number of esters is 6. The van der Waals surface area contributed by atoms with Gasteiger partial charge in [-0.1, -0.05) is 277 Å². The molecule has 0 saturated carbocycles.